The zero-order valence-corrected chi connectivity index (χ0v) is 15.2. The van der Waals surface area contributed by atoms with Gasteiger partial charge in [-0.3, -0.25) is 4.79 Å². The van der Waals surface area contributed by atoms with Gasteiger partial charge in [0.05, 0.1) is 28.8 Å². The average Bonchev–Trinajstić information content (AvgIpc) is 2.64. The van der Waals surface area contributed by atoms with Gasteiger partial charge in [-0.1, -0.05) is 23.2 Å². The molecule has 1 amide bonds. The van der Waals surface area contributed by atoms with Crippen molar-refractivity contribution in [2.24, 2.45) is 0 Å². The molecule has 3 rings (SSSR count). The predicted octanol–water partition coefficient (Wildman–Crippen LogP) is 4.02. The largest absolute Gasteiger partial charge is 0.418 e. The smallest absolute Gasteiger partial charge is 0.378 e. The summed E-state index contributed by atoms with van der Waals surface area (Å²) in [5, 5.41) is 10.4. The molecule has 0 radical (unpaired) electrons. The summed E-state index contributed by atoms with van der Waals surface area (Å²) >= 11 is 11.7. The number of rotatable bonds is 3. The topological polar surface area (TPSA) is 67.4 Å². The Morgan fingerprint density at radius 1 is 1.11 bits per heavy atom. The first kappa shape index (κ1) is 19.7. The number of carbonyl (C=O) groups excluding carboxylic acids is 1. The molecule has 6 nitrogen and oxygen atoms in total. The fourth-order valence-corrected chi connectivity index (χ4v) is 2.76. The minimum atomic E-state index is -4.78. The molecule has 1 N–H and O–H groups in total. The van der Waals surface area contributed by atoms with Crippen LogP contribution in [0.2, 0.25) is 10.0 Å². The van der Waals surface area contributed by atoms with Gasteiger partial charge >= 0.3 is 6.18 Å². The number of aromatic nitrogens is 2. The van der Waals surface area contributed by atoms with Crippen molar-refractivity contribution in [3.63, 3.8) is 0 Å². The van der Waals surface area contributed by atoms with Crippen molar-refractivity contribution in [2.75, 3.05) is 31.6 Å². The highest BCUT2D eigenvalue weighted by atomic mass is 35.5. The third kappa shape index (κ3) is 4.60. The van der Waals surface area contributed by atoms with Crippen LogP contribution in [-0.4, -0.2) is 47.3 Å². The molecule has 1 fully saturated rings. The summed E-state index contributed by atoms with van der Waals surface area (Å²) in [5.74, 6) is -1.02. The van der Waals surface area contributed by atoms with Crippen LogP contribution in [0.4, 0.5) is 24.7 Å². The highest BCUT2D eigenvalue weighted by Crippen LogP contribution is 2.34. The second-order valence-electron chi connectivity index (χ2n) is 5.65. The molecule has 1 aromatic heterocycles. The molecule has 2 heterocycles. The van der Waals surface area contributed by atoms with Crippen molar-refractivity contribution >= 4 is 40.6 Å². The number of ether oxygens (including phenoxy) is 1. The van der Waals surface area contributed by atoms with Crippen molar-refractivity contribution in [3.05, 3.63) is 45.6 Å². The van der Waals surface area contributed by atoms with Crippen molar-refractivity contribution < 1.29 is 22.7 Å². The molecule has 1 aromatic carbocycles. The predicted molar refractivity (Wildman–Crippen MR) is 93.5 cm³/mol. The van der Waals surface area contributed by atoms with E-state index in [4.69, 9.17) is 27.9 Å². The van der Waals surface area contributed by atoms with E-state index in [9.17, 15) is 18.0 Å². The van der Waals surface area contributed by atoms with Crippen LogP contribution in [0.1, 0.15) is 16.1 Å². The number of benzene rings is 1. The molecule has 1 saturated heterocycles. The summed E-state index contributed by atoms with van der Waals surface area (Å²) in [7, 11) is 0. The summed E-state index contributed by atoms with van der Waals surface area (Å²) in [6.45, 7) is 0.914. The van der Waals surface area contributed by atoms with Crippen LogP contribution in [0.25, 0.3) is 0 Å². The van der Waals surface area contributed by atoms with Crippen LogP contribution in [0, 0.1) is 0 Å². The summed E-state index contributed by atoms with van der Waals surface area (Å²) < 4.78 is 45.6. The highest BCUT2D eigenvalue weighted by molar-refractivity contribution is 6.42. The van der Waals surface area contributed by atoms with Gasteiger partial charge in [-0.25, -0.2) is 0 Å². The van der Waals surface area contributed by atoms with E-state index < -0.39 is 23.3 Å². The van der Waals surface area contributed by atoms with Gasteiger partial charge in [0.15, 0.2) is 11.5 Å². The van der Waals surface area contributed by atoms with Gasteiger partial charge in [-0.2, -0.15) is 13.2 Å². The molecule has 0 aliphatic carbocycles. The van der Waals surface area contributed by atoms with Crippen LogP contribution in [0.3, 0.4) is 0 Å². The normalized spacial score (nSPS) is 14.9. The molecule has 27 heavy (non-hydrogen) atoms. The average molecular weight is 421 g/mol. The van der Waals surface area contributed by atoms with E-state index in [-0.39, 0.29) is 37.1 Å². The van der Waals surface area contributed by atoms with Gasteiger partial charge in [-0.15, -0.1) is 10.2 Å². The number of hydrogen-bond donors (Lipinski definition) is 1. The fourth-order valence-electron chi connectivity index (χ4n) is 2.46. The van der Waals surface area contributed by atoms with E-state index in [1.54, 1.807) is 0 Å². The minimum Gasteiger partial charge on any atom is -0.378 e. The van der Waals surface area contributed by atoms with E-state index in [1.165, 1.54) is 23.1 Å². The number of halogens is 5. The molecule has 144 valence electrons. The number of nitrogens with zero attached hydrogens (tertiary/aromatic N) is 3. The first-order chi connectivity index (χ1) is 12.8. The van der Waals surface area contributed by atoms with Crippen LogP contribution in [0.5, 0.6) is 0 Å². The second-order valence-corrected chi connectivity index (χ2v) is 6.46. The fraction of sp³-hybridized carbons (Fsp3) is 0.312. The number of morpholine rings is 1. The molecule has 0 atom stereocenters. The Labute approximate surface area is 162 Å². The number of carbonyl (C=O) groups is 1. The van der Waals surface area contributed by atoms with Gasteiger partial charge in [-0.05, 0) is 24.3 Å². The maximum atomic E-state index is 13.5. The lowest BCUT2D eigenvalue weighted by Gasteiger charge is -2.27. The Morgan fingerprint density at radius 2 is 1.81 bits per heavy atom. The molecule has 2 aromatic rings. The van der Waals surface area contributed by atoms with E-state index in [2.05, 4.69) is 15.5 Å². The van der Waals surface area contributed by atoms with E-state index in [1.807, 2.05) is 0 Å². The lowest BCUT2D eigenvalue weighted by atomic mass is 10.1. The summed E-state index contributed by atoms with van der Waals surface area (Å²) in [6, 6.07) is 5.19. The van der Waals surface area contributed by atoms with Crippen LogP contribution >= 0.6 is 23.2 Å². The molecule has 0 unspecified atom stereocenters. The number of anilines is 2. The molecular formula is C16H13Cl2F3N4O2. The molecule has 0 spiro atoms. The molecule has 0 saturated carbocycles. The first-order valence-electron chi connectivity index (χ1n) is 7.80. The Morgan fingerprint density at radius 3 is 2.44 bits per heavy atom. The second kappa shape index (κ2) is 7.87. The first-order valence-corrected chi connectivity index (χ1v) is 8.55. The number of amides is 1. The zero-order valence-electron chi connectivity index (χ0n) is 13.7. The number of nitrogens with one attached hydrogen (secondary N) is 1. The SMILES string of the molecule is O=C(c1nnc(Nc2ccc(Cl)c(Cl)c2)cc1C(F)(F)F)N1CCOCC1. The van der Waals surface area contributed by atoms with Crippen LogP contribution in [0.15, 0.2) is 24.3 Å². The molecule has 0 bridgehead atoms. The number of hydrogen-bond acceptors (Lipinski definition) is 5. The van der Waals surface area contributed by atoms with Crippen molar-refractivity contribution in [2.45, 2.75) is 6.18 Å². The Bertz CT molecular complexity index is 858. The lowest BCUT2D eigenvalue weighted by Crippen LogP contribution is -2.41. The van der Waals surface area contributed by atoms with Crippen LogP contribution in [-0.2, 0) is 10.9 Å². The van der Waals surface area contributed by atoms with Crippen molar-refractivity contribution in [1.82, 2.24) is 15.1 Å². The lowest BCUT2D eigenvalue weighted by molar-refractivity contribution is -0.138. The van der Waals surface area contributed by atoms with Crippen LogP contribution < -0.4 is 5.32 Å². The van der Waals surface area contributed by atoms with Gasteiger partial charge in [0, 0.05) is 18.8 Å². The summed E-state index contributed by atoms with van der Waals surface area (Å²) in [5.41, 5.74) is -1.54. The third-order valence-corrected chi connectivity index (χ3v) is 4.53. The van der Waals surface area contributed by atoms with Gasteiger partial charge < -0.3 is 15.0 Å². The van der Waals surface area contributed by atoms with Gasteiger partial charge in [0.2, 0.25) is 0 Å². The van der Waals surface area contributed by atoms with E-state index >= 15 is 0 Å². The van der Waals surface area contributed by atoms with Crippen molar-refractivity contribution in [1.29, 1.82) is 0 Å². The van der Waals surface area contributed by atoms with E-state index in [0.29, 0.717) is 10.7 Å². The maximum Gasteiger partial charge on any atom is 0.418 e. The summed E-state index contributed by atoms with van der Waals surface area (Å²) in [6.07, 6.45) is -4.78. The Kier molecular flexibility index (Phi) is 5.73. The molecule has 1 aliphatic rings. The standard InChI is InChI=1S/C16H13Cl2F3N4O2/c17-11-2-1-9(7-12(11)18)22-13-8-10(16(19,20)21)14(24-23-13)15(26)25-3-5-27-6-4-25/h1-2,7-8H,3-6H2,(H,22,23). The summed E-state index contributed by atoms with van der Waals surface area (Å²) in [4.78, 5) is 13.7. The van der Waals surface area contributed by atoms with Crippen molar-refractivity contribution in [3.8, 4) is 0 Å². The monoisotopic (exact) mass is 420 g/mol. The molecular weight excluding hydrogens is 408 g/mol. The van der Waals surface area contributed by atoms with Gasteiger partial charge in [0.25, 0.3) is 5.91 Å². The minimum absolute atomic E-state index is 0.181. The molecule has 11 heteroatoms. The zero-order chi connectivity index (χ0) is 19.6. The van der Waals surface area contributed by atoms with Gasteiger partial charge in [0.1, 0.15) is 0 Å². The van der Waals surface area contributed by atoms with E-state index in [0.717, 1.165) is 6.07 Å². The quantitative estimate of drug-likeness (QED) is 0.811. The number of alkyl halides is 3. The maximum absolute atomic E-state index is 13.5. The Hall–Kier alpha value is -2.10. The third-order valence-electron chi connectivity index (χ3n) is 3.79. The molecule has 1 aliphatic heterocycles. The Balaban J connectivity index is 1.91. The highest BCUT2D eigenvalue weighted by Gasteiger charge is 2.38.